The van der Waals surface area contributed by atoms with Crippen molar-refractivity contribution in [2.75, 3.05) is 16.2 Å². The van der Waals surface area contributed by atoms with Crippen molar-refractivity contribution in [3.63, 3.8) is 0 Å². The van der Waals surface area contributed by atoms with Gasteiger partial charge < -0.3 is 5.32 Å². The van der Waals surface area contributed by atoms with Gasteiger partial charge in [0.2, 0.25) is 0 Å². The number of rotatable bonds is 7. The SMILES string of the molecule is Cn1nc2cc(N(CC#N)S(=O)(=O)NC3CC3)ccc2c1C(=O)Nc1ccc(F)c(Cl)c1. The normalized spacial score (nSPS) is 13.7. The first-order valence-electron chi connectivity index (χ1n) is 9.59. The van der Waals surface area contributed by atoms with Crippen LogP contribution >= 0.6 is 11.6 Å². The second-order valence-corrected chi connectivity index (χ2v) is 9.35. The number of hydrogen-bond donors (Lipinski definition) is 2. The van der Waals surface area contributed by atoms with Crippen molar-refractivity contribution in [1.82, 2.24) is 14.5 Å². The summed E-state index contributed by atoms with van der Waals surface area (Å²) in [5.41, 5.74) is 1.15. The maximum Gasteiger partial charge on any atom is 0.302 e. The smallest absolute Gasteiger partial charge is 0.302 e. The topological polar surface area (TPSA) is 120 Å². The molecule has 9 nitrogen and oxygen atoms in total. The Bertz CT molecular complexity index is 1360. The molecule has 1 aliphatic rings. The van der Waals surface area contributed by atoms with Gasteiger partial charge in [0, 0.05) is 24.2 Å². The van der Waals surface area contributed by atoms with Crippen LogP contribution in [0.3, 0.4) is 0 Å². The first kappa shape index (κ1) is 22.0. The predicted octanol–water partition coefficient (Wildman–Crippen LogP) is 2.94. The minimum Gasteiger partial charge on any atom is -0.321 e. The lowest BCUT2D eigenvalue weighted by Crippen LogP contribution is -2.42. The molecule has 4 rings (SSSR count). The summed E-state index contributed by atoms with van der Waals surface area (Å²) in [5, 5.41) is 16.4. The van der Waals surface area contributed by atoms with Gasteiger partial charge in [-0.1, -0.05) is 11.6 Å². The summed E-state index contributed by atoms with van der Waals surface area (Å²) in [7, 11) is -2.33. The van der Waals surface area contributed by atoms with Crippen molar-refractivity contribution in [3.05, 3.63) is 52.9 Å². The largest absolute Gasteiger partial charge is 0.321 e. The van der Waals surface area contributed by atoms with E-state index in [0.29, 0.717) is 16.6 Å². The van der Waals surface area contributed by atoms with Crippen LogP contribution in [0.15, 0.2) is 36.4 Å². The van der Waals surface area contributed by atoms with Crippen LogP contribution in [0.4, 0.5) is 15.8 Å². The van der Waals surface area contributed by atoms with Crippen molar-refractivity contribution in [1.29, 1.82) is 5.26 Å². The fourth-order valence-corrected chi connectivity index (χ4v) is 4.82. The molecule has 1 fully saturated rings. The number of nitriles is 1. The van der Waals surface area contributed by atoms with E-state index in [-0.39, 0.29) is 29.0 Å². The van der Waals surface area contributed by atoms with Crippen LogP contribution in [-0.4, -0.2) is 36.7 Å². The molecule has 0 atom stereocenters. The molecule has 0 saturated heterocycles. The zero-order valence-electron chi connectivity index (χ0n) is 16.8. The quantitative estimate of drug-likeness (QED) is 0.508. The number of aromatic nitrogens is 2. The number of hydrogen-bond acceptors (Lipinski definition) is 5. The summed E-state index contributed by atoms with van der Waals surface area (Å²) in [6.45, 7) is -0.376. The molecule has 2 aromatic carbocycles. The molecule has 2 N–H and O–H groups in total. The molecule has 1 aliphatic carbocycles. The van der Waals surface area contributed by atoms with Crippen LogP contribution in [0.5, 0.6) is 0 Å². The van der Waals surface area contributed by atoms with Gasteiger partial charge in [0.05, 0.1) is 22.3 Å². The van der Waals surface area contributed by atoms with Crippen molar-refractivity contribution in [2.24, 2.45) is 7.05 Å². The Morgan fingerprint density at radius 2 is 2.09 bits per heavy atom. The molecule has 0 aliphatic heterocycles. The van der Waals surface area contributed by atoms with Crippen molar-refractivity contribution in [3.8, 4) is 6.07 Å². The fraction of sp³-hybridized carbons (Fsp3) is 0.250. The number of aryl methyl sites for hydroxylation is 1. The molecule has 1 heterocycles. The average molecular weight is 477 g/mol. The lowest BCUT2D eigenvalue weighted by Gasteiger charge is -2.21. The Hall–Kier alpha value is -3.20. The van der Waals surface area contributed by atoms with E-state index >= 15 is 0 Å². The zero-order chi connectivity index (χ0) is 23.0. The summed E-state index contributed by atoms with van der Waals surface area (Å²) in [6, 6.07) is 10.2. The van der Waals surface area contributed by atoms with Crippen LogP contribution in [0.25, 0.3) is 10.9 Å². The fourth-order valence-electron chi connectivity index (χ4n) is 3.23. The lowest BCUT2D eigenvalue weighted by atomic mass is 10.1. The lowest BCUT2D eigenvalue weighted by molar-refractivity contribution is 0.101. The third-order valence-corrected chi connectivity index (χ3v) is 6.74. The molecule has 0 spiro atoms. The molecule has 1 amide bonds. The van der Waals surface area contributed by atoms with E-state index in [2.05, 4.69) is 15.1 Å². The summed E-state index contributed by atoms with van der Waals surface area (Å²) >= 11 is 5.77. The second kappa shape index (κ2) is 8.38. The highest BCUT2D eigenvalue weighted by Crippen LogP contribution is 2.28. The first-order chi connectivity index (χ1) is 15.2. The van der Waals surface area contributed by atoms with Gasteiger partial charge in [-0.05, 0) is 49.2 Å². The monoisotopic (exact) mass is 476 g/mol. The van der Waals surface area contributed by atoms with Gasteiger partial charge in [-0.15, -0.1) is 0 Å². The number of carbonyl (C=O) groups is 1. The number of carbonyl (C=O) groups excluding carboxylic acids is 1. The molecule has 12 heteroatoms. The van der Waals surface area contributed by atoms with Gasteiger partial charge >= 0.3 is 10.2 Å². The molecule has 166 valence electrons. The summed E-state index contributed by atoms with van der Waals surface area (Å²) < 4.78 is 43.6. The minimum atomic E-state index is -3.91. The Kier molecular flexibility index (Phi) is 5.77. The zero-order valence-corrected chi connectivity index (χ0v) is 18.4. The summed E-state index contributed by atoms with van der Waals surface area (Å²) in [5.74, 6) is -1.10. The number of benzene rings is 2. The summed E-state index contributed by atoms with van der Waals surface area (Å²) in [6.07, 6.45) is 1.52. The highest BCUT2D eigenvalue weighted by molar-refractivity contribution is 7.90. The van der Waals surface area contributed by atoms with Gasteiger partial charge in [0.1, 0.15) is 18.1 Å². The van der Waals surface area contributed by atoms with Gasteiger partial charge in [-0.2, -0.15) is 23.5 Å². The van der Waals surface area contributed by atoms with Crippen LogP contribution in [0, 0.1) is 17.1 Å². The Labute approximate surface area is 188 Å². The van der Waals surface area contributed by atoms with E-state index < -0.39 is 21.9 Å². The second-order valence-electron chi connectivity index (χ2n) is 7.32. The van der Waals surface area contributed by atoms with Crippen LogP contribution in [-0.2, 0) is 17.3 Å². The van der Waals surface area contributed by atoms with Gasteiger partial charge in [0.25, 0.3) is 5.91 Å². The molecular formula is C20H18ClFN6O3S. The predicted molar refractivity (Wildman–Crippen MR) is 118 cm³/mol. The van der Waals surface area contributed by atoms with E-state index in [4.69, 9.17) is 16.9 Å². The molecule has 1 aromatic heterocycles. The van der Waals surface area contributed by atoms with Crippen molar-refractivity contribution < 1.29 is 17.6 Å². The van der Waals surface area contributed by atoms with Crippen LogP contribution in [0.1, 0.15) is 23.3 Å². The van der Waals surface area contributed by atoms with E-state index in [9.17, 15) is 17.6 Å². The Morgan fingerprint density at radius 3 is 2.75 bits per heavy atom. The van der Waals surface area contributed by atoms with Gasteiger partial charge in [0.15, 0.2) is 0 Å². The number of nitrogens with one attached hydrogen (secondary N) is 2. The van der Waals surface area contributed by atoms with E-state index in [1.165, 1.54) is 28.9 Å². The molecule has 3 aromatic rings. The molecular weight excluding hydrogens is 459 g/mol. The first-order valence-corrected chi connectivity index (χ1v) is 11.4. The van der Waals surface area contributed by atoms with Crippen LogP contribution in [0.2, 0.25) is 5.02 Å². The number of nitrogens with zero attached hydrogens (tertiary/aromatic N) is 4. The average Bonchev–Trinajstić information content (AvgIpc) is 3.46. The Morgan fingerprint density at radius 1 is 1.34 bits per heavy atom. The number of anilines is 2. The standard InChI is InChI=1S/C20H18ClFN6O3S/c1-27-19(20(29)24-13-4-7-17(22)16(21)10-13)15-6-5-14(11-18(15)25-27)28(9-8-23)32(30,31)26-12-2-3-12/h4-7,10-12,26H,2-3,9H2,1H3,(H,24,29). The van der Waals surface area contributed by atoms with Crippen molar-refractivity contribution in [2.45, 2.75) is 18.9 Å². The number of halogens is 2. The highest BCUT2D eigenvalue weighted by atomic mass is 35.5. The third-order valence-electron chi connectivity index (χ3n) is 4.90. The molecule has 0 unspecified atom stereocenters. The molecule has 0 bridgehead atoms. The maximum atomic E-state index is 13.4. The third kappa shape index (κ3) is 4.38. The highest BCUT2D eigenvalue weighted by Gasteiger charge is 2.31. The minimum absolute atomic E-state index is 0.116. The van der Waals surface area contributed by atoms with Crippen molar-refractivity contribution >= 4 is 50.0 Å². The molecule has 1 saturated carbocycles. The van der Waals surface area contributed by atoms with Gasteiger partial charge in [-0.25, -0.2) is 8.70 Å². The Balaban J connectivity index is 1.66. The molecule has 32 heavy (non-hydrogen) atoms. The number of amides is 1. The van der Waals surface area contributed by atoms with E-state index in [0.717, 1.165) is 23.2 Å². The number of fused-ring (bicyclic) bond motifs is 1. The van der Waals surface area contributed by atoms with E-state index in [1.807, 2.05) is 6.07 Å². The van der Waals surface area contributed by atoms with Gasteiger partial charge in [-0.3, -0.25) is 9.48 Å². The van der Waals surface area contributed by atoms with Crippen LogP contribution < -0.4 is 14.3 Å². The summed E-state index contributed by atoms with van der Waals surface area (Å²) in [4.78, 5) is 12.8. The van der Waals surface area contributed by atoms with E-state index in [1.54, 1.807) is 13.1 Å². The molecule has 0 radical (unpaired) electrons. The maximum absolute atomic E-state index is 13.4.